The molecule has 0 N–H and O–H groups in total. The maximum Gasteiger partial charge on any atom is -0.172 e. The van der Waals surface area contributed by atoms with Crippen molar-refractivity contribution < 1.29 is 49.0 Å². The molecule has 0 radical (unpaired) electrons. The monoisotopic (exact) mass is 754 g/mol. The molecule has 3 heteroatoms. The summed E-state index contributed by atoms with van der Waals surface area (Å²) in [5.74, 6) is 0. The van der Waals surface area contributed by atoms with Crippen LogP contribution in [-0.2, 0) is 52.3 Å². The van der Waals surface area contributed by atoms with E-state index >= 15 is 0 Å². The van der Waals surface area contributed by atoms with Crippen molar-refractivity contribution in [3.8, 4) is 11.1 Å². The molecule has 0 saturated carbocycles. The molecule has 0 aromatic heterocycles. The van der Waals surface area contributed by atoms with Gasteiger partial charge in [-0.3, -0.25) is 0 Å². The fraction of sp³-hybridized carbons (Fsp3) is 0.378. The smallest absolute Gasteiger partial charge is 0.172 e. The summed E-state index contributed by atoms with van der Waals surface area (Å²) in [5, 5.41) is 2.65. The minimum Gasteiger partial charge on any atom is -0.214 e. The third-order valence-corrected chi connectivity index (χ3v) is 9.55. The van der Waals surface area contributed by atoms with Crippen LogP contribution in [0.15, 0.2) is 91.0 Å². The van der Waals surface area contributed by atoms with Crippen molar-refractivity contribution in [2.75, 3.05) is 0 Å². The van der Waals surface area contributed by atoms with Gasteiger partial charge in [0.25, 0.3) is 0 Å². The first-order valence-electron chi connectivity index (χ1n) is 16.7. The van der Waals surface area contributed by atoms with Crippen LogP contribution < -0.4 is 24.8 Å². The van der Waals surface area contributed by atoms with Gasteiger partial charge in [0.2, 0.25) is 0 Å². The van der Waals surface area contributed by atoms with Crippen molar-refractivity contribution >= 4 is 14.5 Å². The van der Waals surface area contributed by atoms with E-state index < -0.39 is 0 Å². The zero-order chi connectivity index (χ0) is 34.1. The Bertz CT molecular complexity index is 1700. The van der Waals surface area contributed by atoms with Crippen molar-refractivity contribution in [3.63, 3.8) is 0 Å². The number of fused-ring (bicyclic) bond motifs is 4. The minimum absolute atomic E-state index is 0. The van der Waals surface area contributed by atoms with Gasteiger partial charge in [-0.05, 0) is 39.4 Å². The van der Waals surface area contributed by atoms with E-state index in [1.165, 1.54) is 85.1 Å². The van der Waals surface area contributed by atoms with Crippen molar-refractivity contribution in [1.82, 2.24) is 0 Å². The van der Waals surface area contributed by atoms with Crippen molar-refractivity contribution in [2.45, 2.75) is 111 Å². The largest absolute Gasteiger partial charge is 0.214 e. The molecule has 0 saturated heterocycles. The molecule has 254 valence electrons. The molecule has 0 amide bonds. The first-order chi connectivity index (χ1) is 21.3. The molecule has 1 aliphatic rings. The van der Waals surface area contributed by atoms with Crippen molar-refractivity contribution in [1.29, 1.82) is 0 Å². The summed E-state index contributed by atoms with van der Waals surface area (Å²) in [6.07, 6.45) is 1.01. The van der Waals surface area contributed by atoms with Gasteiger partial charge in [0.15, 0.2) is 0 Å². The summed E-state index contributed by atoms with van der Waals surface area (Å²) in [5.41, 5.74) is 13.3. The summed E-state index contributed by atoms with van der Waals surface area (Å²) < 4.78 is 2.21. The van der Waals surface area contributed by atoms with E-state index in [0.29, 0.717) is 0 Å². The van der Waals surface area contributed by atoms with Gasteiger partial charge >= 0.3 is 86.7 Å². The predicted octanol–water partition coefficient (Wildman–Crippen LogP) is 6.20. The molecule has 5 aromatic rings. The first kappa shape index (κ1) is 42.0. The van der Waals surface area contributed by atoms with Crippen LogP contribution in [0.25, 0.3) is 21.9 Å². The normalized spacial score (nSPS) is 12.3. The molecule has 0 fully saturated rings. The van der Waals surface area contributed by atoms with E-state index in [9.17, 15) is 0 Å². The number of halogens is 2. The molecule has 0 aliphatic heterocycles. The Morgan fingerprint density at radius 2 is 1.10 bits per heavy atom. The Kier molecular flexibility index (Phi) is 14.2. The third-order valence-electron chi connectivity index (χ3n) is 8.73. The fourth-order valence-corrected chi connectivity index (χ4v) is 6.68. The van der Waals surface area contributed by atoms with Crippen molar-refractivity contribution in [3.05, 3.63) is 136 Å². The van der Waals surface area contributed by atoms with Gasteiger partial charge in [-0.25, -0.2) is 12.1 Å². The molecule has 0 nitrogen and oxygen atoms in total. The molecular formula is C45H54Cl2Zr-2. The molecule has 1 aliphatic carbocycles. The van der Waals surface area contributed by atoms with Gasteiger partial charge in [0.1, 0.15) is 0 Å². The maximum atomic E-state index is 3.90. The van der Waals surface area contributed by atoms with E-state index in [1.807, 2.05) is 30.3 Å². The Morgan fingerprint density at radius 1 is 0.583 bits per heavy atom. The molecule has 0 atom stereocenters. The van der Waals surface area contributed by atoms with Gasteiger partial charge in [0.05, 0.1) is 0 Å². The second-order valence-corrected chi connectivity index (χ2v) is 17.6. The topological polar surface area (TPSA) is 0 Å². The van der Waals surface area contributed by atoms with E-state index in [1.54, 1.807) is 0 Å². The minimum atomic E-state index is 0. The predicted molar refractivity (Wildman–Crippen MR) is 199 cm³/mol. The van der Waals surface area contributed by atoms with Crippen molar-refractivity contribution in [2.24, 2.45) is 0 Å². The molecular weight excluding hydrogens is 703 g/mol. The number of rotatable bonds is 1. The average molecular weight is 757 g/mol. The molecule has 0 spiro atoms. The van der Waals surface area contributed by atoms with E-state index in [-0.39, 0.29) is 46.5 Å². The van der Waals surface area contributed by atoms with Gasteiger partial charge in [-0.15, -0.1) is 16.7 Å². The van der Waals surface area contributed by atoms with Crippen LogP contribution in [0.5, 0.6) is 0 Å². The van der Waals surface area contributed by atoms with Gasteiger partial charge in [-0.1, -0.05) is 106 Å². The van der Waals surface area contributed by atoms with Crippen LogP contribution in [0.3, 0.4) is 0 Å². The van der Waals surface area contributed by atoms with E-state index in [2.05, 4.69) is 154 Å². The Morgan fingerprint density at radius 3 is 1.58 bits per heavy atom. The summed E-state index contributed by atoms with van der Waals surface area (Å²) in [6.45, 7) is 28.0. The second kappa shape index (κ2) is 16.2. The van der Waals surface area contributed by atoms with Crippen LogP contribution >= 0.6 is 0 Å². The van der Waals surface area contributed by atoms with Crippen LogP contribution in [0.1, 0.15) is 122 Å². The van der Waals surface area contributed by atoms with Crippen LogP contribution in [0, 0.1) is 6.07 Å². The average Bonchev–Trinajstić information content (AvgIpc) is 3.66. The Labute approximate surface area is 319 Å². The number of hydrogen-bond donors (Lipinski definition) is 0. The van der Waals surface area contributed by atoms with Crippen LogP contribution in [0.4, 0.5) is 0 Å². The fourth-order valence-electron chi connectivity index (χ4n) is 6.24. The molecule has 0 bridgehead atoms. The first-order valence-corrected chi connectivity index (χ1v) is 18.2. The zero-order valence-electron chi connectivity index (χ0n) is 31.2. The number of benzene rings is 4. The molecule has 0 unspecified atom stereocenters. The van der Waals surface area contributed by atoms with Crippen LogP contribution in [-0.4, -0.2) is 3.71 Å². The Balaban J connectivity index is 0.000000344. The Hall–Kier alpha value is -2.18. The summed E-state index contributed by atoms with van der Waals surface area (Å²) >= 11 is 1.46. The molecule has 5 aromatic carbocycles. The van der Waals surface area contributed by atoms with E-state index in [0.717, 1.165) is 6.42 Å². The van der Waals surface area contributed by atoms with Gasteiger partial charge in [-0.2, -0.15) is 35.9 Å². The molecule has 48 heavy (non-hydrogen) atoms. The number of hydrogen-bond acceptors (Lipinski definition) is 0. The maximum absolute atomic E-state index is 3.90. The standard InChI is InChI=1S/C29H41.C11H8.C5H5.2ClH.Zr/c1-26(2,3)22-14-18-13-19-15-23(27(4,5)6)25(29(10,11)12)17-21(19)20(18)16-24(22)28(7,8)9;1-9-6-7-10-4-2-3-5-11(10)8-9;1-2-4-5-3-1;;;/h14,16-17H,13H2,1-12H3;1-8H;1-5H;2*1H;/q-1;;-1;;;+2/p-2. The van der Waals surface area contributed by atoms with Crippen LogP contribution in [0.2, 0.25) is 0 Å². The third kappa shape index (κ3) is 10.2. The summed E-state index contributed by atoms with van der Waals surface area (Å²) in [7, 11) is 0. The zero-order valence-corrected chi connectivity index (χ0v) is 35.2. The summed E-state index contributed by atoms with van der Waals surface area (Å²) in [6, 6.07) is 36.4. The summed E-state index contributed by atoms with van der Waals surface area (Å²) in [4.78, 5) is 0. The second-order valence-electron chi connectivity index (χ2n) is 16.9. The SMILES string of the molecule is CC(C)(C)c1[c-]c2c(cc1C(C)(C)C)-c1cc(C(C)(C)C)c(C(C)(C)C)cc1C2.[Cl-].[Cl-].[Zr+2]=[CH]c1ccc2ccccc2c1.c1cc[cH-]c1. The van der Waals surface area contributed by atoms with Gasteiger partial charge < -0.3 is 24.8 Å². The molecule has 0 heterocycles. The quantitative estimate of drug-likeness (QED) is 0.176. The molecule has 6 rings (SSSR count). The van der Waals surface area contributed by atoms with E-state index in [4.69, 9.17) is 0 Å². The van der Waals surface area contributed by atoms with Gasteiger partial charge in [0, 0.05) is 0 Å².